The average molecular weight is 263 g/mol. The third kappa shape index (κ3) is 8.81. The first-order valence-corrected chi connectivity index (χ1v) is 8.80. The third-order valence-electron chi connectivity index (χ3n) is 3.12. The summed E-state index contributed by atoms with van der Waals surface area (Å²) in [4.78, 5) is 0. The van der Waals surface area contributed by atoms with E-state index in [2.05, 4.69) is 65.1 Å². The van der Waals surface area contributed by atoms with Gasteiger partial charge in [-0.1, -0.05) is 48.0 Å². The maximum absolute atomic E-state index is 2.38. The van der Waals surface area contributed by atoms with Crippen molar-refractivity contribution in [2.24, 2.45) is 11.8 Å². The topological polar surface area (TPSA) is 0 Å². The lowest BCUT2D eigenvalue weighted by Crippen LogP contribution is -2.10. The largest absolute Gasteiger partial charge is 0.158 e. The molecule has 0 rings (SSSR count). The molecule has 0 aliphatic heterocycles. The fourth-order valence-electron chi connectivity index (χ4n) is 1.71. The summed E-state index contributed by atoms with van der Waals surface area (Å²) in [5, 5.41) is 1.66. The molecule has 0 aromatic rings. The number of thioether (sulfide) groups is 2. The first-order valence-electron chi connectivity index (χ1n) is 6.70. The lowest BCUT2D eigenvalue weighted by atomic mass is 10.1. The van der Waals surface area contributed by atoms with E-state index in [1.165, 1.54) is 24.3 Å². The van der Waals surface area contributed by atoms with E-state index in [4.69, 9.17) is 0 Å². The number of hydrogen-bond donors (Lipinski definition) is 0. The second kappa shape index (κ2) is 9.70. The highest BCUT2D eigenvalue weighted by Gasteiger charge is 2.10. The smallest absolute Gasteiger partial charge is 0.00445 e. The van der Waals surface area contributed by atoms with Gasteiger partial charge in [-0.05, 0) is 18.3 Å². The lowest BCUT2D eigenvalue weighted by molar-refractivity contribution is 0.558. The van der Waals surface area contributed by atoms with Gasteiger partial charge in [-0.2, -0.15) is 23.5 Å². The Balaban J connectivity index is 3.45. The summed E-state index contributed by atoms with van der Waals surface area (Å²) in [5.41, 5.74) is 0. The van der Waals surface area contributed by atoms with Crippen molar-refractivity contribution in [3.05, 3.63) is 0 Å². The van der Waals surface area contributed by atoms with Crippen LogP contribution < -0.4 is 0 Å². The average Bonchev–Trinajstić information content (AvgIpc) is 2.21. The van der Waals surface area contributed by atoms with Crippen molar-refractivity contribution in [1.82, 2.24) is 0 Å². The normalized spacial score (nSPS) is 17.4. The van der Waals surface area contributed by atoms with E-state index < -0.39 is 0 Å². The predicted octanol–water partition coefficient (Wildman–Crippen LogP) is 5.32. The van der Waals surface area contributed by atoms with Crippen molar-refractivity contribution in [3.8, 4) is 0 Å². The maximum Gasteiger partial charge on any atom is 0.00445 e. The summed E-state index contributed by atoms with van der Waals surface area (Å²) < 4.78 is 0. The minimum atomic E-state index is 0.825. The molecular weight excluding hydrogens is 232 g/mol. The van der Waals surface area contributed by atoms with Crippen LogP contribution in [0.5, 0.6) is 0 Å². The molecule has 0 aliphatic rings. The summed E-state index contributed by atoms with van der Waals surface area (Å²) in [5.74, 6) is 4.34. The quantitative estimate of drug-likeness (QED) is 0.516. The van der Waals surface area contributed by atoms with Crippen LogP contribution in [-0.4, -0.2) is 22.0 Å². The lowest BCUT2D eigenvalue weighted by Gasteiger charge is -2.18. The van der Waals surface area contributed by atoms with Gasteiger partial charge >= 0.3 is 0 Å². The van der Waals surface area contributed by atoms with E-state index in [-0.39, 0.29) is 0 Å². The molecular formula is C14H30S2. The van der Waals surface area contributed by atoms with Gasteiger partial charge < -0.3 is 0 Å². The Kier molecular flexibility index (Phi) is 10.1. The van der Waals surface area contributed by atoms with Crippen molar-refractivity contribution in [2.45, 2.75) is 64.9 Å². The molecule has 3 unspecified atom stereocenters. The summed E-state index contributed by atoms with van der Waals surface area (Å²) in [6, 6.07) is 0. The zero-order chi connectivity index (χ0) is 12.6. The molecule has 0 N–H and O–H groups in total. The fourth-order valence-corrected chi connectivity index (χ4v) is 4.30. The van der Waals surface area contributed by atoms with Gasteiger partial charge in [-0.15, -0.1) is 0 Å². The molecule has 0 spiro atoms. The van der Waals surface area contributed by atoms with Crippen LogP contribution in [0.1, 0.15) is 54.4 Å². The molecule has 0 radical (unpaired) electrons. The number of rotatable bonds is 9. The first kappa shape index (κ1) is 16.7. The van der Waals surface area contributed by atoms with E-state index in [1.807, 2.05) is 0 Å². The molecule has 0 aromatic carbocycles. The van der Waals surface area contributed by atoms with Crippen LogP contribution in [0.2, 0.25) is 0 Å². The van der Waals surface area contributed by atoms with Gasteiger partial charge in [0.2, 0.25) is 0 Å². The first-order chi connectivity index (χ1) is 7.47. The zero-order valence-corrected chi connectivity index (χ0v) is 13.6. The molecule has 2 heteroatoms. The van der Waals surface area contributed by atoms with Gasteiger partial charge in [0.05, 0.1) is 0 Å². The summed E-state index contributed by atoms with van der Waals surface area (Å²) >= 11 is 4.29. The highest BCUT2D eigenvalue weighted by molar-refractivity contribution is 8.03. The molecule has 0 bridgehead atoms. The van der Waals surface area contributed by atoms with Crippen molar-refractivity contribution < 1.29 is 0 Å². The molecule has 0 aromatic heterocycles. The summed E-state index contributed by atoms with van der Waals surface area (Å²) in [6.45, 7) is 14.0. The minimum absolute atomic E-state index is 0.825. The molecule has 0 heterocycles. The van der Waals surface area contributed by atoms with E-state index in [0.29, 0.717) is 0 Å². The van der Waals surface area contributed by atoms with Crippen LogP contribution in [0.25, 0.3) is 0 Å². The second-order valence-corrected chi connectivity index (χ2v) is 8.30. The Labute approximate surface area is 112 Å². The summed E-state index contributed by atoms with van der Waals surface area (Å²) in [6.07, 6.45) is 2.67. The van der Waals surface area contributed by atoms with Crippen molar-refractivity contribution in [1.29, 1.82) is 0 Å². The zero-order valence-electron chi connectivity index (χ0n) is 12.0. The maximum atomic E-state index is 2.38. The molecule has 3 atom stereocenters. The van der Waals surface area contributed by atoms with Crippen LogP contribution in [0.3, 0.4) is 0 Å². The van der Waals surface area contributed by atoms with Crippen LogP contribution in [0.4, 0.5) is 0 Å². The molecule has 0 aliphatic carbocycles. The van der Waals surface area contributed by atoms with Gasteiger partial charge in [-0.3, -0.25) is 0 Å². The molecule has 0 saturated heterocycles. The van der Waals surface area contributed by atoms with Gasteiger partial charge in [0.15, 0.2) is 0 Å². The number of hydrogen-bond acceptors (Lipinski definition) is 2. The van der Waals surface area contributed by atoms with E-state index in [9.17, 15) is 0 Å². The SMILES string of the molecule is CCC(C)C(C)SCCSC(C)CC(C)C. The van der Waals surface area contributed by atoms with Gasteiger partial charge in [0.1, 0.15) is 0 Å². The third-order valence-corrected chi connectivity index (χ3v) is 6.01. The monoisotopic (exact) mass is 262 g/mol. The molecule has 0 amide bonds. The van der Waals surface area contributed by atoms with Crippen LogP contribution in [0, 0.1) is 11.8 Å². The van der Waals surface area contributed by atoms with E-state index >= 15 is 0 Å². The Morgan fingerprint density at radius 3 is 1.94 bits per heavy atom. The molecule has 0 saturated carbocycles. The van der Waals surface area contributed by atoms with Gasteiger partial charge in [-0.25, -0.2) is 0 Å². The van der Waals surface area contributed by atoms with Gasteiger partial charge in [0, 0.05) is 22.0 Å². The standard InChI is InChI=1S/C14H30S2/c1-7-12(4)14(6)16-9-8-15-13(5)10-11(2)3/h11-14H,7-10H2,1-6H3. The summed E-state index contributed by atoms with van der Waals surface area (Å²) in [7, 11) is 0. The fraction of sp³-hybridized carbons (Fsp3) is 1.00. The Hall–Kier alpha value is 0.700. The molecule has 0 nitrogen and oxygen atoms in total. The van der Waals surface area contributed by atoms with E-state index in [0.717, 1.165) is 22.3 Å². The van der Waals surface area contributed by atoms with Crippen molar-refractivity contribution >= 4 is 23.5 Å². The molecule has 16 heavy (non-hydrogen) atoms. The second-order valence-electron chi connectivity index (χ2n) is 5.27. The Morgan fingerprint density at radius 2 is 1.44 bits per heavy atom. The van der Waals surface area contributed by atoms with Crippen LogP contribution >= 0.6 is 23.5 Å². The van der Waals surface area contributed by atoms with Crippen molar-refractivity contribution in [3.63, 3.8) is 0 Å². The predicted molar refractivity (Wildman–Crippen MR) is 82.8 cm³/mol. The highest BCUT2D eigenvalue weighted by atomic mass is 32.2. The van der Waals surface area contributed by atoms with Gasteiger partial charge in [0.25, 0.3) is 0 Å². The Morgan fingerprint density at radius 1 is 0.875 bits per heavy atom. The van der Waals surface area contributed by atoms with Crippen LogP contribution in [0.15, 0.2) is 0 Å². The minimum Gasteiger partial charge on any atom is -0.158 e. The molecule has 98 valence electrons. The van der Waals surface area contributed by atoms with E-state index in [1.54, 1.807) is 0 Å². The van der Waals surface area contributed by atoms with Crippen molar-refractivity contribution in [2.75, 3.05) is 11.5 Å². The Bertz CT molecular complexity index is 157. The van der Waals surface area contributed by atoms with Crippen LogP contribution in [-0.2, 0) is 0 Å². The molecule has 0 fully saturated rings. The highest BCUT2D eigenvalue weighted by Crippen LogP contribution is 2.24.